The zero-order valence-electron chi connectivity index (χ0n) is 11.4. The first-order valence-electron chi connectivity index (χ1n) is 6.72. The van der Waals surface area contributed by atoms with Crippen LogP contribution in [0.2, 0.25) is 0 Å². The van der Waals surface area contributed by atoms with Crippen molar-refractivity contribution in [3.63, 3.8) is 0 Å². The molecule has 6 heteroatoms. The molecule has 1 aliphatic heterocycles. The molecule has 3 heterocycles. The SMILES string of the molecule is CC[C@@H]1O[C@H](n2cnc3c(N)ncnc32)[C@H](C)C1C. The minimum Gasteiger partial charge on any atom is -0.382 e. The molecular weight excluding hydrogens is 242 g/mol. The van der Waals surface area contributed by atoms with E-state index >= 15 is 0 Å². The van der Waals surface area contributed by atoms with Crippen LogP contribution in [0.15, 0.2) is 12.7 Å². The van der Waals surface area contributed by atoms with Gasteiger partial charge in [-0.25, -0.2) is 15.0 Å². The van der Waals surface area contributed by atoms with Gasteiger partial charge in [-0.05, 0) is 12.3 Å². The first-order valence-corrected chi connectivity index (χ1v) is 6.72. The predicted molar refractivity (Wildman–Crippen MR) is 72.3 cm³/mol. The summed E-state index contributed by atoms with van der Waals surface area (Å²) >= 11 is 0. The quantitative estimate of drug-likeness (QED) is 0.894. The molecule has 1 unspecified atom stereocenters. The van der Waals surface area contributed by atoms with Crippen molar-refractivity contribution in [2.45, 2.75) is 39.5 Å². The average Bonchev–Trinajstić information content (AvgIpc) is 2.94. The first kappa shape index (κ1) is 12.3. The van der Waals surface area contributed by atoms with Crippen LogP contribution in [0.5, 0.6) is 0 Å². The van der Waals surface area contributed by atoms with Gasteiger partial charge in [0.15, 0.2) is 11.5 Å². The Labute approximate surface area is 112 Å². The highest BCUT2D eigenvalue weighted by atomic mass is 16.5. The number of aromatic nitrogens is 4. The van der Waals surface area contributed by atoms with Crippen LogP contribution in [-0.4, -0.2) is 25.6 Å². The van der Waals surface area contributed by atoms with Crippen LogP contribution in [0.3, 0.4) is 0 Å². The molecule has 2 aromatic rings. The van der Waals surface area contributed by atoms with E-state index in [1.54, 1.807) is 6.33 Å². The Morgan fingerprint density at radius 3 is 2.74 bits per heavy atom. The molecule has 0 spiro atoms. The lowest BCUT2D eigenvalue weighted by Gasteiger charge is -2.17. The lowest BCUT2D eigenvalue weighted by molar-refractivity contribution is -0.0120. The number of fused-ring (bicyclic) bond motifs is 1. The number of nitrogens with zero attached hydrogens (tertiary/aromatic N) is 4. The monoisotopic (exact) mass is 261 g/mol. The molecule has 0 bridgehead atoms. The number of hydrogen-bond acceptors (Lipinski definition) is 5. The average molecular weight is 261 g/mol. The van der Waals surface area contributed by atoms with E-state index in [-0.39, 0.29) is 12.3 Å². The number of nitrogens with two attached hydrogens (primary N) is 1. The van der Waals surface area contributed by atoms with E-state index in [1.165, 1.54) is 6.33 Å². The fourth-order valence-electron chi connectivity index (χ4n) is 2.87. The Kier molecular flexibility index (Phi) is 2.89. The summed E-state index contributed by atoms with van der Waals surface area (Å²) in [5.74, 6) is 1.35. The summed E-state index contributed by atoms with van der Waals surface area (Å²) in [6, 6.07) is 0. The van der Waals surface area contributed by atoms with Gasteiger partial charge in [0.25, 0.3) is 0 Å². The molecule has 0 amide bonds. The van der Waals surface area contributed by atoms with E-state index in [0.717, 1.165) is 12.1 Å². The third-order valence-corrected chi connectivity index (χ3v) is 4.24. The van der Waals surface area contributed by atoms with Gasteiger partial charge in [-0.3, -0.25) is 4.57 Å². The molecule has 4 atom stereocenters. The molecule has 102 valence electrons. The maximum Gasteiger partial charge on any atom is 0.167 e. The lowest BCUT2D eigenvalue weighted by atomic mass is 9.91. The van der Waals surface area contributed by atoms with Crippen molar-refractivity contribution in [3.8, 4) is 0 Å². The molecule has 2 N–H and O–H groups in total. The van der Waals surface area contributed by atoms with Crippen LogP contribution in [-0.2, 0) is 4.74 Å². The van der Waals surface area contributed by atoms with Gasteiger partial charge in [0.05, 0.1) is 12.4 Å². The highest BCUT2D eigenvalue weighted by Crippen LogP contribution is 2.40. The second-order valence-electron chi connectivity index (χ2n) is 5.27. The van der Waals surface area contributed by atoms with Crippen LogP contribution in [0.1, 0.15) is 33.4 Å². The van der Waals surface area contributed by atoms with Gasteiger partial charge in [0.2, 0.25) is 0 Å². The van der Waals surface area contributed by atoms with Gasteiger partial charge in [-0.2, -0.15) is 0 Å². The molecule has 1 fully saturated rings. The summed E-state index contributed by atoms with van der Waals surface area (Å²) < 4.78 is 8.13. The highest BCUT2D eigenvalue weighted by molar-refractivity contribution is 5.81. The molecule has 6 nitrogen and oxygen atoms in total. The fourth-order valence-corrected chi connectivity index (χ4v) is 2.87. The summed E-state index contributed by atoms with van der Waals surface area (Å²) in [5, 5.41) is 0. The Bertz CT molecular complexity index is 596. The largest absolute Gasteiger partial charge is 0.382 e. The molecule has 0 saturated carbocycles. The van der Waals surface area contributed by atoms with Crippen LogP contribution in [0.25, 0.3) is 11.2 Å². The van der Waals surface area contributed by atoms with Crippen LogP contribution in [0.4, 0.5) is 5.82 Å². The topological polar surface area (TPSA) is 78.9 Å². The van der Waals surface area contributed by atoms with Gasteiger partial charge in [-0.15, -0.1) is 0 Å². The van der Waals surface area contributed by atoms with Crippen molar-refractivity contribution >= 4 is 17.0 Å². The van der Waals surface area contributed by atoms with Crippen molar-refractivity contribution < 1.29 is 4.74 Å². The molecule has 0 radical (unpaired) electrons. The van der Waals surface area contributed by atoms with E-state index in [2.05, 4.69) is 35.7 Å². The van der Waals surface area contributed by atoms with Gasteiger partial charge in [-0.1, -0.05) is 20.8 Å². The van der Waals surface area contributed by atoms with Gasteiger partial charge in [0.1, 0.15) is 18.1 Å². The summed E-state index contributed by atoms with van der Waals surface area (Å²) in [6.07, 6.45) is 4.50. The van der Waals surface area contributed by atoms with E-state index in [4.69, 9.17) is 10.5 Å². The van der Waals surface area contributed by atoms with Crippen molar-refractivity contribution in [3.05, 3.63) is 12.7 Å². The Morgan fingerprint density at radius 2 is 2.05 bits per heavy atom. The maximum absolute atomic E-state index is 6.15. The maximum atomic E-state index is 6.15. The number of hydrogen-bond donors (Lipinski definition) is 1. The van der Waals surface area contributed by atoms with Crippen LogP contribution in [0, 0.1) is 11.8 Å². The van der Waals surface area contributed by atoms with Crippen molar-refractivity contribution in [1.82, 2.24) is 19.5 Å². The third-order valence-electron chi connectivity index (χ3n) is 4.24. The van der Waals surface area contributed by atoms with E-state index in [1.807, 2.05) is 4.57 Å². The molecule has 3 rings (SSSR count). The molecular formula is C13H19N5O. The molecule has 1 aliphatic rings. The Morgan fingerprint density at radius 1 is 1.26 bits per heavy atom. The zero-order valence-corrected chi connectivity index (χ0v) is 11.4. The molecule has 0 aromatic carbocycles. The summed E-state index contributed by atoms with van der Waals surface area (Å²) in [6.45, 7) is 6.60. The van der Waals surface area contributed by atoms with Gasteiger partial charge in [0, 0.05) is 5.92 Å². The second kappa shape index (κ2) is 4.45. The standard InChI is InChI=1S/C13H19N5O/c1-4-9-7(2)8(3)13(19-9)18-6-17-10-11(14)15-5-16-12(10)18/h5-9,13H,4H2,1-3H3,(H2,14,15,16)/t7?,8-,9+,13+/m1/s1. The summed E-state index contributed by atoms with van der Waals surface area (Å²) in [5.41, 5.74) is 7.20. The molecule has 1 saturated heterocycles. The predicted octanol–water partition coefficient (Wildman–Crippen LogP) is 1.99. The summed E-state index contributed by atoms with van der Waals surface area (Å²) in [4.78, 5) is 12.6. The van der Waals surface area contributed by atoms with Crippen molar-refractivity contribution in [1.29, 1.82) is 0 Å². The van der Waals surface area contributed by atoms with Crippen molar-refractivity contribution in [2.24, 2.45) is 11.8 Å². The van der Waals surface area contributed by atoms with Crippen molar-refractivity contribution in [2.75, 3.05) is 5.73 Å². The smallest absolute Gasteiger partial charge is 0.167 e. The van der Waals surface area contributed by atoms with E-state index in [9.17, 15) is 0 Å². The Hall–Kier alpha value is -1.69. The van der Waals surface area contributed by atoms with Gasteiger partial charge >= 0.3 is 0 Å². The highest BCUT2D eigenvalue weighted by Gasteiger charge is 2.39. The molecule has 19 heavy (non-hydrogen) atoms. The third kappa shape index (κ3) is 1.78. The first-order chi connectivity index (χ1) is 9.13. The number of nitrogen functional groups attached to an aromatic ring is 1. The van der Waals surface area contributed by atoms with Crippen LogP contribution < -0.4 is 5.73 Å². The zero-order chi connectivity index (χ0) is 13.6. The normalized spacial score (nSPS) is 31.1. The van der Waals surface area contributed by atoms with E-state index < -0.39 is 0 Å². The summed E-state index contributed by atoms with van der Waals surface area (Å²) in [7, 11) is 0. The molecule has 0 aliphatic carbocycles. The number of rotatable bonds is 2. The van der Waals surface area contributed by atoms with E-state index in [0.29, 0.717) is 23.2 Å². The number of ether oxygens (including phenoxy) is 1. The minimum absolute atomic E-state index is 0.0285. The second-order valence-corrected chi connectivity index (χ2v) is 5.27. The molecule has 2 aromatic heterocycles. The van der Waals surface area contributed by atoms with Gasteiger partial charge < -0.3 is 10.5 Å². The number of anilines is 1. The minimum atomic E-state index is -0.0285. The number of imidazole rings is 1. The Balaban J connectivity index is 2.04. The van der Waals surface area contributed by atoms with Crippen LogP contribution >= 0.6 is 0 Å². The lowest BCUT2D eigenvalue weighted by Crippen LogP contribution is -2.15. The fraction of sp³-hybridized carbons (Fsp3) is 0.615.